The van der Waals surface area contributed by atoms with Gasteiger partial charge in [-0.05, 0) is 12.1 Å². The lowest BCUT2D eigenvalue weighted by Gasteiger charge is -2.15. The number of hydrogen-bond donors (Lipinski definition) is 2. The van der Waals surface area contributed by atoms with Crippen LogP contribution in [0.3, 0.4) is 0 Å². The maximum atomic E-state index is 10.5. The fourth-order valence-corrected chi connectivity index (χ4v) is 1.03. The van der Waals surface area contributed by atoms with Crippen molar-refractivity contribution in [2.24, 2.45) is 0 Å². The molecule has 1 aliphatic rings. The molecule has 0 aliphatic carbocycles. The van der Waals surface area contributed by atoms with Gasteiger partial charge in [-0.2, -0.15) is 0 Å². The maximum Gasteiger partial charge on any atom is 0.375 e. The van der Waals surface area contributed by atoms with E-state index >= 15 is 0 Å². The number of benzene rings is 1. The number of ether oxygens (including phenoxy) is 2. The molecule has 2 rings (SSSR count). The van der Waals surface area contributed by atoms with Crippen LogP contribution in [0.25, 0.3) is 0 Å². The highest BCUT2D eigenvalue weighted by Crippen LogP contribution is 2.35. The number of phenolic OH excluding ortho intramolecular Hbond substituents is 1. The van der Waals surface area contributed by atoms with Crippen molar-refractivity contribution >= 4 is 5.97 Å². The van der Waals surface area contributed by atoms with Gasteiger partial charge in [-0.3, -0.25) is 0 Å². The number of carboxylic acids is 1. The fourth-order valence-electron chi connectivity index (χ4n) is 1.03. The molecular formula is C9H6O5. The monoisotopic (exact) mass is 194 g/mol. The average molecular weight is 194 g/mol. The Morgan fingerprint density at radius 2 is 2.07 bits per heavy atom. The van der Waals surface area contributed by atoms with Crippen LogP contribution in [-0.4, -0.2) is 16.2 Å². The van der Waals surface area contributed by atoms with E-state index in [0.29, 0.717) is 0 Å². The van der Waals surface area contributed by atoms with Gasteiger partial charge in [0.2, 0.25) is 5.76 Å². The van der Waals surface area contributed by atoms with Crippen LogP contribution in [0.2, 0.25) is 0 Å². The van der Waals surface area contributed by atoms with E-state index in [2.05, 4.69) is 0 Å². The second kappa shape index (κ2) is 2.95. The number of aromatic hydroxyl groups is 1. The number of hydrogen-bond acceptors (Lipinski definition) is 4. The third-order valence-electron chi connectivity index (χ3n) is 1.65. The lowest BCUT2D eigenvalue weighted by molar-refractivity contribution is -0.135. The molecule has 0 aromatic heterocycles. The summed E-state index contributed by atoms with van der Waals surface area (Å²) in [5.74, 6) is -0.913. The summed E-state index contributed by atoms with van der Waals surface area (Å²) in [5.41, 5.74) is 0. The van der Waals surface area contributed by atoms with Gasteiger partial charge >= 0.3 is 5.97 Å². The summed E-state index contributed by atoms with van der Waals surface area (Å²) in [5, 5.41) is 17.7. The summed E-state index contributed by atoms with van der Waals surface area (Å²) >= 11 is 0. The standard InChI is InChI=1S/C9H6O5/c10-5-1-2-6-7(3-5)13-4-8(14-6)9(11)12/h1-4,10H,(H,11,12). The zero-order valence-electron chi connectivity index (χ0n) is 6.93. The molecule has 0 spiro atoms. The molecule has 0 saturated carbocycles. The van der Waals surface area contributed by atoms with Crippen molar-refractivity contribution in [3.05, 3.63) is 30.2 Å². The van der Waals surface area contributed by atoms with Crippen LogP contribution >= 0.6 is 0 Å². The predicted octanol–water partition coefficient (Wildman–Crippen LogP) is 1.09. The van der Waals surface area contributed by atoms with Gasteiger partial charge in [0, 0.05) is 6.07 Å². The number of fused-ring (bicyclic) bond motifs is 1. The third kappa shape index (κ3) is 1.35. The predicted molar refractivity (Wildman–Crippen MR) is 45.1 cm³/mol. The third-order valence-corrected chi connectivity index (χ3v) is 1.65. The molecule has 0 radical (unpaired) electrons. The van der Waals surface area contributed by atoms with Crippen LogP contribution in [0.15, 0.2) is 30.2 Å². The smallest absolute Gasteiger partial charge is 0.375 e. The molecule has 0 fully saturated rings. The summed E-state index contributed by atoms with van der Waals surface area (Å²) in [6.07, 6.45) is 0.976. The van der Waals surface area contributed by atoms with Crippen molar-refractivity contribution in [3.63, 3.8) is 0 Å². The Bertz CT molecular complexity index is 421. The Morgan fingerprint density at radius 3 is 2.79 bits per heavy atom. The zero-order chi connectivity index (χ0) is 10.1. The van der Waals surface area contributed by atoms with E-state index in [4.69, 9.17) is 19.7 Å². The molecule has 0 bridgehead atoms. The van der Waals surface area contributed by atoms with E-state index in [9.17, 15) is 4.79 Å². The molecule has 5 nitrogen and oxygen atoms in total. The second-order valence-corrected chi connectivity index (χ2v) is 2.64. The van der Waals surface area contributed by atoms with Crippen molar-refractivity contribution in [2.45, 2.75) is 0 Å². The van der Waals surface area contributed by atoms with Crippen LogP contribution in [0, 0.1) is 0 Å². The summed E-state index contributed by atoms with van der Waals surface area (Å²) in [6, 6.07) is 4.15. The van der Waals surface area contributed by atoms with Crippen LogP contribution in [0.5, 0.6) is 17.2 Å². The van der Waals surface area contributed by atoms with Crippen LogP contribution in [0.1, 0.15) is 0 Å². The quantitative estimate of drug-likeness (QED) is 0.699. The summed E-state index contributed by atoms with van der Waals surface area (Å²) in [4.78, 5) is 10.5. The summed E-state index contributed by atoms with van der Waals surface area (Å²) in [7, 11) is 0. The van der Waals surface area contributed by atoms with Crippen LogP contribution in [-0.2, 0) is 4.79 Å². The van der Waals surface area contributed by atoms with Gasteiger partial charge in [0.25, 0.3) is 0 Å². The lowest BCUT2D eigenvalue weighted by Crippen LogP contribution is -2.12. The molecule has 1 heterocycles. The van der Waals surface area contributed by atoms with E-state index in [-0.39, 0.29) is 23.0 Å². The molecule has 0 unspecified atom stereocenters. The molecule has 2 N–H and O–H groups in total. The number of phenols is 1. The molecule has 0 saturated heterocycles. The first-order valence-electron chi connectivity index (χ1n) is 3.78. The van der Waals surface area contributed by atoms with Crippen molar-refractivity contribution in [2.75, 3.05) is 0 Å². The SMILES string of the molecule is O=C(O)C1=COc2cc(O)ccc2O1. The first-order chi connectivity index (χ1) is 6.66. The van der Waals surface area contributed by atoms with E-state index < -0.39 is 5.97 Å². The van der Waals surface area contributed by atoms with Gasteiger partial charge in [0.1, 0.15) is 12.0 Å². The Hall–Kier alpha value is -2.17. The van der Waals surface area contributed by atoms with Gasteiger partial charge in [0.05, 0.1) is 0 Å². The van der Waals surface area contributed by atoms with E-state index in [0.717, 1.165) is 6.26 Å². The summed E-state index contributed by atoms with van der Waals surface area (Å²) in [6.45, 7) is 0. The Labute approximate surface area is 78.8 Å². The first kappa shape index (κ1) is 8.43. The largest absolute Gasteiger partial charge is 0.508 e. The van der Waals surface area contributed by atoms with Gasteiger partial charge in [0.15, 0.2) is 11.5 Å². The van der Waals surface area contributed by atoms with Gasteiger partial charge < -0.3 is 19.7 Å². The first-order valence-corrected chi connectivity index (χ1v) is 3.78. The summed E-state index contributed by atoms with van der Waals surface area (Å²) < 4.78 is 9.92. The number of aliphatic carboxylic acids is 1. The Morgan fingerprint density at radius 1 is 1.29 bits per heavy atom. The lowest BCUT2D eigenvalue weighted by atomic mass is 10.3. The number of rotatable bonds is 1. The van der Waals surface area contributed by atoms with E-state index in [1.165, 1.54) is 18.2 Å². The number of carboxylic acid groups (broad SMARTS) is 1. The van der Waals surface area contributed by atoms with E-state index in [1.807, 2.05) is 0 Å². The molecule has 14 heavy (non-hydrogen) atoms. The average Bonchev–Trinajstić information content (AvgIpc) is 2.16. The van der Waals surface area contributed by atoms with Gasteiger partial charge in [-0.25, -0.2) is 4.79 Å². The maximum absolute atomic E-state index is 10.5. The molecule has 0 amide bonds. The van der Waals surface area contributed by atoms with Crippen molar-refractivity contribution < 1.29 is 24.5 Å². The molecule has 72 valence electrons. The minimum Gasteiger partial charge on any atom is -0.508 e. The molecule has 1 aliphatic heterocycles. The zero-order valence-corrected chi connectivity index (χ0v) is 6.93. The molecular weight excluding hydrogens is 188 g/mol. The minimum absolute atomic E-state index is 0.0273. The van der Waals surface area contributed by atoms with Gasteiger partial charge in [-0.1, -0.05) is 0 Å². The van der Waals surface area contributed by atoms with Crippen molar-refractivity contribution in [1.82, 2.24) is 0 Å². The van der Waals surface area contributed by atoms with Crippen molar-refractivity contribution in [3.8, 4) is 17.2 Å². The number of carbonyl (C=O) groups is 1. The Balaban J connectivity index is 2.34. The molecule has 1 aromatic carbocycles. The van der Waals surface area contributed by atoms with Crippen LogP contribution in [0.4, 0.5) is 0 Å². The van der Waals surface area contributed by atoms with Gasteiger partial charge in [-0.15, -0.1) is 0 Å². The molecule has 0 atom stereocenters. The van der Waals surface area contributed by atoms with E-state index in [1.54, 1.807) is 0 Å². The highest BCUT2D eigenvalue weighted by atomic mass is 16.6. The fraction of sp³-hybridized carbons (Fsp3) is 0. The highest BCUT2D eigenvalue weighted by Gasteiger charge is 2.19. The Kier molecular flexibility index (Phi) is 1.78. The van der Waals surface area contributed by atoms with Crippen molar-refractivity contribution in [1.29, 1.82) is 0 Å². The minimum atomic E-state index is -1.20. The van der Waals surface area contributed by atoms with Crippen LogP contribution < -0.4 is 9.47 Å². The highest BCUT2D eigenvalue weighted by molar-refractivity contribution is 5.85. The molecule has 5 heteroatoms. The normalized spacial score (nSPS) is 13.3. The topological polar surface area (TPSA) is 76.0 Å². The molecule has 1 aromatic rings. The second-order valence-electron chi connectivity index (χ2n) is 2.64.